The summed E-state index contributed by atoms with van der Waals surface area (Å²) in [6, 6.07) is 0. The summed E-state index contributed by atoms with van der Waals surface area (Å²) in [5.74, 6) is 0. The molecule has 0 aliphatic rings. The third kappa shape index (κ3) is 49.6. The van der Waals surface area contributed by atoms with E-state index in [9.17, 15) is 0 Å². The van der Waals surface area contributed by atoms with Crippen LogP contribution in [0.5, 0.6) is 0 Å². The first-order chi connectivity index (χ1) is 2.00. The van der Waals surface area contributed by atoms with Crippen LogP contribution in [0.2, 0.25) is 0 Å². The first kappa shape index (κ1) is 5.92. The second kappa shape index (κ2) is 1.58. The largest absolute Gasteiger partial charge is 0.369 e. The average molecular weight is 204 g/mol. The molecule has 0 aliphatic heterocycles. The Morgan fingerprint density at radius 1 is 1.60 bits per heavy atom. The molecule has 1 N–H and O–H groups in total. The summed E-state index contributed by atoms with van der Waals surface area (Å²) in [6.45, 7) is 1.58. The van der Waals surface area contributed by atoms with E-state index in [1.807, 2.05) is 0 Å². The number of aliphatic hydroxyl groups is 1. The fraction of sp³-hybridized carbons (Fsp3) is 1.00. The average Bonchev–Trinajstić information content (AvgIpc) is 0.722. The van der Waals surface area contributed by atoms with Crippen molar-refractivity contribution >= 4 is 31.9 Å². The van der Waals surface area contributed by atoms with Gasteiger partial charge in [-0.2, -0.15) is 0 Å². The van der Waals surface area contributed by atoms with Gasteiger partial charge >= 0.3 is 0 Å². The highest BCUT2D eigenvalue weighted by atomic mass is 79.9. The number of alkyl halides is 2. The van der Waals surface area contributed by atoms with Crippen molar-refractivity contribution in [3.8, 4) is 0 Å². The van der Waals surface area contributed by atoms with Gasteiger partial charge in [-0.3, -0.25) is 0 Å². The minimum absolute atomic E-state index is 0.875. The van der Waals surface area contributed by atoms with Gasteiger partial charge in [-0.05, 0) is 38.8 Å². The Morgan fingerprint density at radius 2 is 1.60 bits per heavy atom. The topological polar surface area (TPSA) is 20.2 Å². The fourth-order valence-corrected chi connectivity index (χ4v) is 0. The molecule has 0 saturated carbocycles. The molecule has 0 saturated heterocycles. The maximum Gasteiger partial charge on any atom is 0.172 e. The van der Waals surface area contributed by atoms with E-state index in [0.29, 0.717) is 0 Å². The molecule has 0 atom stereocenters. The van der Waals surface area contributed by atoms with Crippen LogP contribution in [0.15, 0.2) is 0 Å². The lowest BCUT2D eigenvalue weighted by Gasteiger charge is -1.98. The van der Waals surface area contributed by atoms with Crippen LogP contribution >= 0.6 is 31.9 Å². The Hall–Kier alpha value is 0.920. The van der Waals surface area contributed by atoms with Crippen molar-refractivity contribution in [2.45, 2.75) is 10.3 Å². The molecule has 0 rings (SSSR count). The quantitative estimate of drug-likeness (QED) is 0.591. The Balaban J connectivity index is 3.02. The van der Waals surface area contributed by atoms with Gasteiger partial charge in [0.15, 0.2) is 3.42 Å². The number of hydrogen-bond acceptors (Lipinski definition) is 1. The normalized spacial score (nSPS) is 12.0. The standard InChI is InChI=1S/C2H4Br2O/c1-2(3,4)5/h5H,1H3. The lowest BCUT2D eigenvalue weighted by molar-refractivity contribution is 0.265. The molecular formula is C2H4Br2O. The van der Waals surface area contributed by atoms with Gasteiger partial charge in [0.05, 0.1) is 0 Å². The highest BCUT2D eigenvalue weighted by molar-refractivity contribution is 9.25. The summed E-state index contributed by atoms with van der Waals surface area (Å²) in [7, 11) is 0. The molecule has 0 amide bonds. The van der Waals surface area contributed by atoms with Gasteiger partial charge in [0, 0.05) is 0 Å². The van der Waals surface area contributed by atoms with E-state index in [0.717, 1.165) is 0 Å². The predicted molar refractivity (Wildman–Crippen MR) is 28.5 cm³/mol. The summed E-state index contributed by atoms with van der Waals surface area (Å²) in [5.41, 5.74) is 0. The summed E-state index contributed by atoms with van der Waals surface area (Å²) in [6.07, 6.45) is 0. The SMILES string of the molecule is CC(O)(Br)Br. The highest BCUT2D eigenvalue weighted by Gasteiger charge is 2.04. The van der Waals surface area contributed by atoms with Crippen LogP contribution in [0.4, 0.5) is 0 Å². The fourth-order valence-electron chi connectivity index (χ4n) is 0. The Kier molecular flexibility index (Phi) is 1.87. The molecule has 1 nitrogen and oxygen atoms in total. The molecule has 0 radical (unpaired) electrons. The van der Waals surface area contributed by atoms with Crippen molar-refractivity contribution in [3.05, 3.63) is 0 Å². The Morgan fingerprint density at radius 3 is 1.60 bits per heavy atom. The second-order valence-corrected chi connectivity index (χ2v) is 4.99. The minimum atomic E-state index is -0.875. The van der Waals surface area contributed by atoms with Gasteiger partial charge < -0.3 is 5.11 Å². The lowest BCUT2D eigenvalue weighted by atomic mass is 10.9. The molecular weight excluding hydrogens is 200 g/mol. The Labute approximate surface area is 47.6 Å². The molecule has 32 valence electrons. The minimum Gasteiger partial charge on any atom is -0.369 e. The maximum absolute atomic E-state index is 8.35. The number of hydrogen-bond donors (Lipinski definition) is 1. The van der Waals surface area contributed by atoms with E-state index in [1.165, 1.54) is 0 Å². The molecule has 3 heteroatoms. The van der Waals surface area contributed by atoms with Crippen molar-refractivity contribution in [1.29, 1.82) is 0 Å². The van der Waals surface area contributed by atoms with Crippen LogP contribution in [0.3, 0.4) is 0 Å². The molecule has 0 aromatic carbocycles. The molecule has 0 aliphatic carbocycles. The highest BCUT2D eigenvalue weighted by Crippen LogP contribution is 2.19. The lowest BCUT2D eigenvalue weighted by Crippen LogP contribution is -1.98. The summed E-state index contributed by atoms with van der Waals surface area (Å²) < 4.78 is -0.875. The van der Waals surface area contributed by atoms with Crippen molar-refractivity contribution in [3.63, 3.8) is 0 Å². The van der Waals surface area contributed by atoms with Gasteiger partial charge in [0.25, 0.3) is 0 Å². The van der Waals surface area contributed by atoms with Crippen LogP contribution in [0.25, 0.3) is 0 Å². The maximum atomic E-state index is 8.35. The van der Waals surface area contributed by atoms with E-state index < -0.39 is 3.42 Å². The zero-order valence-corrected chi connectivity index (χ0v) is 5.88. The summed E-state index contributed by atoms with van der Waals surface area (Å²) in [5, 5.41) is 8.35. The zero-order chi connectivity index (χ0) is 4.50. The smallest absolute Gasteiger partial charge is 0.172 e. The van der Waals surface area contributed by atoms with Crippen molar-refractivity contribution in [2.24, 2.45) is 0 Å². The van der Waals surface area contributed by atoms with Gasteiger partial charge in [0.1, 0.15) is 0 Å². The summed E-state index contributed by atoms with van der Waals surface area (Å²) in [4.78, 5) is 0. The van der Waals surface area contributed by atoms with Crippen LogP contribution in [0.1, 0.15) is 6.92 Å². The van der Waals surface area contributed by atoms with E-state index in [1.54, 1.807) is 6.92 Å². The molecule has 0 aromatic rings. The molecule has 5 heavy (non-hydrogen) atoms. The predicted octanol–water partition coefficient (Wildman–Crippen LogP) is 1.44. The van der Waals surface area contributed by atoms with Crippen molar-refractivity contribution in [2.75, 3.05) is 0 Å². The van der Waals surface area contributed by atoms with Crippen LogP contribution < -0.4 is 0 Å². The molecule has 0 bridgehead atoms. The molecule has 0 spiro atoms. The van der Waals surface area contributed by atoms with Gasteiger partial charge in [-0.1, -0.05) is 0 Å². The number of halogens is 2. The van der Waals surface area contributed by atoms with Crippen molar-refractivity contribution in [1.82, 2.24) is 0 Å². The Bertz CT molecular complexity index is 23.1. The summed E-state index contributed by atoms with van der Waals surface area (Å²) >= 11 is 5.69. The van der Waals surface area contributed by atoms with Crippen molar-refractivity contribution < 1.29 is 5.11 Å². The number of rotatable bonds is 0. The van der Waals surface area contributed by atoms with E-state index >= 15 is 0 Å². The monoisotopic (exact) mass is 202 g/mol. The first-order valence-electron chi connectivity index (χ1n) is 1.10. The van der Waals surface area contributed by atoms with Crippen LogP contribution in [-0.4, -0.2) is 8.53 Å². The zero-order valence-electron chi connectivity index (χ0n) is 2.70. The second-order valence-electron chi connectivity index (χ2n) is 0.842. The van der Waals surface area contributed by atoms with Crippen LogP contribution in [0, 0.1) is 0 Å². The van der Waals surface area contributed by atoms with E-state index in [4.69, 9.17) is 5.11 Å². The van der Waals surface area contributed by atoms with Gasteiger partial charge in [0.2, 0.25) is 0 Å². The third-order valence-electron chi connectivity index (χ3n) is 0. The third-order valence-corrected chi connectivity index (χ3v) is 0. The van der Waals surface area contributed by atoms with Crippen LogP contribution in [-0.2, 0) is 0 Å². The van der Waals surface area contributed by atoms with Gasteiger partial charge in [-0.25, -0.2) is 0 Å². The first-order valence-corrected chi connectivity index (χ1v) is 2.69. The van der Waals surface area contributed by atoms with Gasteiger partial charge in [-0.15, -0.1) is 0 Å². The molecule has 0 unspecified atom stereocenters. The van der Waals surface area contributed by atoms with E-state index in [2.05, 4.69) is 31.9 Å². The van der Waals surface area contributed by atoms with E-state index in [-0.39, 0.29) is 0 Å². The molecule has 0 fully saturated rings. The molecule has 0 heterocycles. The molecule has 0 aromatic heterocycles.